The molecular formula is C22H26ClF2N7O. The highest BCUT2D eigenvalue weighted by Gasteiger charge is 2.24. The van der Waals surface area contributed by atoms with E-state index >= 15 is 0 Å². The second-order valence-corrected chi connectivity index (χ2v) is 8.76. The summed E-state index contributed by atoms with van der Waals surface area (Å²) in [7, 11) is 0. The number of piperidine rings is 1. The standard InChI is InChI=1S/C22H26ClF2N7O/c23-15-1-2-16-17(11-15)32(21(28-16)20(24)25)19-12-18(31-7-9-33-10-8-31)29-22(30-19)27-13-14-3-5-26-6-4-14/h1-2,11-12,14,20,26H,3-10,13H2,(H,27,29,30). The fourth-order valence-corrected chi connectivity index (χ4v) is 4.51. The summed E-state index contributed by atoms with van der Waals surface area (Å²) in [6.07, 6.45) is -0.629. The van der Waals surface area contributed by atoms with Gasteiger partial charge in [0.25, 0.3) is 6.43 Å². The number of halogens is 3. The summed E-state index contributed by atoms with van der Waals surface area (Å²) in [5, 5.41) is 7.15. The van der Waals surface area contributed by atoms with Crippen LogP contribution in [-0.4, -0.2) is 65.5 Å². The Morgan fingerprint density at radius 3 is 2.61 bits per heavy atom. The molecule has 3 aromatic rings. The molecule has 0 amide bonds. The highest BCUT2D eigenvalue weighted by atomic mass is 35.5. The van der Waals surface area contributed by atoms with Gasteiger partial charge in [-0.3, -0.25) is 4.57 Å². The maximum Gasteiger partial charge on any atom is 0.296 e. The lowest BCUT2D eigenvalue weighted by Gasteiger charge is -2.28. The molecule has 0 bridgehead atoms. The molecule has 5 rings (SSSR count). The van der Waals surface area contributed by atoms with Gasteiger partial charge < -0.3 is 20.3 Å². The van der Waals surface area contributed by atoms with Gasteiger partial charge in [-0.1, -0.05) is 11.6 Å². The van der Waals surface area contributed by atoms with E-state index in [2.05, 4.69) is 25.5 Å². The largest absolute Gasteiger partial charge is 0.378 e. The first kappa shape index (κ1) is 22.2. The number of aromatic nitrogens is 4. The number of rotatable bonds is 6. The molecule has 0 saturated carbocycles. The summed E-state index contributed by atoms with van der Waals surface area (Å²) < 4.78 is 34.8. The number of imidazole rings is 1. The van der Waals surface area contributed by atoms with Crippen molar-refractivity contribution in [3.8, 4) is 5.82 Å². The molecule has 2 aromatic heterocycles. The van der Waals surface area contributed by atoms with E-state index in [-0.39, 0.29) is 5.82 Å². The molecule has 11 heteroatoms. The maximum absolute atomic E-state index is 14.0. The first-order chi connectivity index (χ1) is 16.1. The number of ether oxygens (including phenoxy) is 1. The highest BCUT2D eigenvalue weighted by molar-refractivity contribution is 6.31. The zero-order valence-corrected chi connectivity index (χ0v) is 18.9. The average Bonchev–Trinajstić information content (AvgIpc) is 3.23. The second-order valence-electron chi connectivity index (χ2n) is 8.32. The smallest absolute Gasteiger partial charge is 0.296 e. The van der Waals surface area contributed by atoms with Crippen LogP contribution in [0.2, 0.25) is 5.02 Å². The third-order valence-electron chi connectivity index (χ3n) is 6.11. The Labute approximate surface area is 195 Å². The van der Waals surface area contributed by atoms with Crippen molar-refractivity contribution in [2.45, 2.75) is 19.3 Å². The van der Waals surface area contributed by atoms with Crippen molar-refractivity contribution >= 4 is 34.4 Å². The molecule has 176 valence electrons. The lowest BCUT2D eigenvalue weighted by Crippen LogP contribution is -2.37. The van der Waals surface area contributed by atoms with Gasteiger partial charge in [-0.05, 0) is 50.0 Å². The van der Waals surface area contributed by atoms with Gasteiger partial charge in [0.15, 0.2) is 5.82 Å². The number of nitrogens with one attached hydrogen (secondary N) is 2. The topological polar surface area (TPSA) is 80.1 Å². The van der Waals surface area contributed by atoms with Crippen LogP contribution in [0, 0.1) is 5.92 Å². The Morgan fingerprint density at radius 1 is 1.09 bits per heavy atom. The second kappa shape index (κ2) is 9.74. The first-order valence-corrected chi connectivity index (χ1v) is 11.6. The summed E-state index contributed by atoms with van der Waals surface area (Å²) in [5.41, 5.74) is 0.916. The van der Waals surface area contributed by atoms with Gasteiger partial charge in [0.2, 0.25) is 5.95 Å². The predicted molar refractivity (Wildman–Crippen MR) is 124 cm³/mol. The molecule has 0 unspecified atom stereocenters. The number of fused-ring (bicyclic) bond motifs is 1. The molecule has 2 N–H and O–H groups in total. The van der Waals surface area contributed by atoms with Crippen LogP contribution in [0.3, 0.4) is 0 Å². The van der Waals surface area contributed by atoms with Crippen molar-refractivity contribution in [2.75, 3.05) is 56.2 Å². The third kappa shape index (κ3) is 4.87. The van der Waals surface area contributed by atoms with Crippen LogP contribution >= 0.6 is 11.6 Å². The van der Waals surface area contributed by atoms with Gasteiger partial charge in [-0.25, -0.2) is 13.8 Å². The fourth-order valence-electron chi connectivity index (χ4n) is 4.35. The van der Waals surface area contributed by atoms with Crippen LogP contribution in [0.25, 0.3) is 16.9 Å². The minimum atomic E-state index is -2.77. The molecule has 0 aliphatic carbocycles. The number of alkyl halides is 2. The van der Waals surface area contributed by atoms with Gasteiger partial charge in [0, 0.05) is 30.7 Å². The van der Waals surface area contributed by atoms with Gasteiger partial charge in [-0.2, -0.15) is 9.97 Å². The number of morpholine rings is 1. The molecule has 33 heavy (non-hydrogen) atoms. The number of benzene rings is 1. The van der Waals surface area contributed by atoms with E-state index in [0.29, 0.717) is 65.9 Å². The molecule has 2 fully saturated rings. The van der Waals surface area contributed by atoms with Crippen LogP contribution in [-0.2, 0) is 4.74 Å². The Balaban J connectivity index is 1.57. The van der Waals surface area contributed by atoms with E-state index in [4.69, 9.17) is 21.3 Å². The number of nitrogens with zero attached hydrogens (tertiary/aromatic N) is 5. The molecule has 0 atom stereocenters. The summed E-state index contributed by atoms with van der Waals surface area (Å²) >= 11 is 6.19. The van der Waals surface area contributed by atoms with Crippen molar-refractivity contribution in [3.63, 3.8) is 0 Å². The van der Waals surface area contributed by atoms with E-state index in [9.17, 15) is 8.78 Å². The lowest BCUT2D eigenvalue weighted by atomic mass is 9.98. The van der Waals surface area contributed by atoms with Crippen LogP contribution in [0.5, 0.6) is 0 Å². The molecule has 2 aliphatic heterocycles. The van der Waals surface area contributed by atoms with Gasteiger partial charge in [-0.15, -0.1) is 0 Å². The quantitative estimate of drug-likeness (QED) is 0.561. The Bertz CT molecular complexity index is 1110. The highest BCUT2D eigenvalue weighted by Crippen LogP contribution is 2.30. The van der Waals surface area contributed by atoms with Gasteiger partial charge in [0.1, 0.15) is 11.6 Å². The predicted octanol–water partition coefficient (Wildman–Crippen LogP) is 3.65. The zero-order valence-electron chi connectivity index (χ0n) is 18.1. The van der Waals surface area contributed by atoms with Crippen LogP contribution in [0.1, 0.15) is 25.1 Å². The van der Waals surface area contributed by atoms with Gasteiger partial charge >= 0.3 is 0 Å². The summed E-state index contributed by atoms with van der Waals surface area (Å²) in [6, 6.07) is 6.64. The molecular weight excluding hydrogens is 452 g/mol. The minimum absolute atomic E-state index is 0.333. The maximum atomic E-state index is 14.0. The molecule has 0 spiro atoms. The van der Waals surface area contributed by atoms with Crippen molar-refractivity contribution in [3.05, 3.63) is 35.1 Å². The van der Waals surface area contributed by atoms with Crippen LogP contribution in [0.15, 0.2) is 24.3 Å². The molecule has 4 heterocycles. The Hall–Kier alpha value is -2.56. The third-order valence-corrected chi connectivity index (χ3v) is 6.34. The van der Waals surface area contributed by atoms with E-state index in [1.54, 1.807) is 24.3 Å². The molecule has 2 saturated heterocycles. The minimum Gasteiger partial charge on any atom is -0.378 e. The SMILES string of the molecule is FC(F)c1nc2ccc(Cl)cc2n1-c1cc(N2CCOCC2)nc(NCC2CCNCC2)n1. The van der Waals surface area contributed by atoms with Crippen molar-refractivity contribution in [1.82, 2.24) is 24.8 Å². The van der Waals surface area contributed by atoms with Crippen molar-refractivity contribution in [1.29, 1.82) is 0 Å². The normalized spacial score (nSPS) is 17.8. The molecule has 1 aromatic carbocycles. The fraction of sp³-hybridized carbons (Fsp3) is 0.500. The zero-order chi connectivity index (χ0) is 22.8. The molecule has 0 radical (unpaired) electrons. The lowest BCUT2D eigenvalue weighted by molar-refractivity contribution is 0.122. The van der Waals surface area contributed by atoms with E-state index < -0.39 is 6.43 Å². The summed E-state index contributed by atoms with van der Waals surface area (Å²) in [6.45, 7) is 5.22. The number of hydrogen-bond acceptors (Lipinski definition) is 7. The first-order valence-electron chi connectivity index (χ1n) is 11.2. The average molecular weight is 478 g/mol. The Kier molecular flexibility index (Phi) is 6.57. The van der Waals surface area contributed by atoms with E-state index in [1.807, 2.05) is 0 Å². The number of hydrogen-bond donors (Lipinski definition) is 2. The molecule has 2 aliphatic rings. The van der Waals surface area contributed by atoms with Crippen LogP contribution in [0.4, 0.5) is 20.5 Å². The van der Waals surface area contributed by atoms with Gasteiger partial charge in [0.05, 0.1) is 24.2 Å². The monoisotopic (exact) mass is 477 g/mol. The van der Waals surface area contributed by atoms with E-state index in [1.165, 1.54) is 4.57 Å². The van der Waals surface area contributed by atoms with E-state index in [0.717, 1.165) is 32.5 Å². The number of anilines is 2. The summed E-state index contributed by atoms with van der Waals surface area (Å²) in [4.78, 5) is 15.6. The summed E-state index contributed by atoms with van der Waals surface area (Å²) in [5.74, 6) is 1.55. The Morgan fingerprint density at radius 2 is 1.85 bits per heavy atom. The van der Waals surface area contributed by atoms with Crippen molar-refractivity contribution < 1.29 is 13.5 Å². The van der Waals surface area contributed by atoms with Crippen LogP contribution < -0.4 is 15.5 Å². The van der Waals surface area contributed by atoms with Crippen molar-refractivity contribution in [2.24, 2.45) is 5.92 Å². The molecule has 8 nitrogen and oxygen atoms in total.